The van der Waals surface area contributed by atoms with Gasteiger partial charge >= 0.3 is 5.69 Å². The van der Waals surface area contributed by atoms with Gasteiger partial charge in [-0.05, 0) is 50.2 Å². The maximum atomic E-state index is 12.3. The molecule has 0 unspecified atom stereocenters. The minimum absolute atomic E-state index is 0.0800. The zero-order valence-corrected chi connectivity index (χ0v) is 15.3. The molecule has 0 aliphatic carbocycles. The van der Waals surface area contributed by atoms with Gasteiger partial charge in [0.25, 0.3) is 0 Å². The lowest BCUT2D eigenvalue weighted by molar-refractivity contribution is -0.117. The Hall–Kier alpha value is -2.93. The number of anilines is 1. The van der Waals surface area contributed by atoms with Crippen molar-refractivity contribution in [3.8, 4) is 0 Å². The van der Waals surface area contributed by atoms with Crippen molar-refractivity contribution >= 4 is 17.2 Å². The van der Waals surface area contributed by atoms with Crippen LogP contribution in [0.5, 0.6) is 0 Å². The molecule has 3 aromatic rings. The Morgan fingerprint density at radius 2 is 2.00 bits per heavy atom. The molecule has 26 heavy (non-hydrogen) atoms. The van der Waals surface area contributed by atoms with Gasteiger partial charge in [0.15, 0.2) is 5.65 Å². The van der Waals surface area contributed by atoms with Gasteiger partial charge < -0.3 is 5.32 Å². The van der Waals surface area contributed by atoms with E-state index in [9.17, 15) is 9.59 Å². The van der Waals surface area contributed by atoms with Crippen molar-refractivity contribution in [3.05, 3.63) is 64.2 Å². The van der Waals surface area contributed by atoms with Gasteiger partial charge in [-0.1, -0.05) is 18.2 Å². The minimum Gasteiger partial charge on any atom is -0.325 e. The number of nitrogens with zero attached hydrogens (tertiary/aromatic N) is 4. The molecule has 2 aromatic heterocycles. The third-order valence-corrected chi connectivity index (χ3v) is 4.47. The Morgan fingerprint density at radius 3 is 2.77 bits per heavy atom. The van der Waals surface area contributed by atoms with Crippen LogP contribution >= 0.6 is 0 Å². The van der Waals surface area contributed by atoms with Crippen LogP contribution in [0.2, 0.25) is 0 Å². The number of benzene rings is 1. The van der Waals surface area contributed by atoms with E-state index in [2.05, 4.69) is 10.4 Å². The van der Waals surface area contributed by atoms with Crippen LogP contribution in [0.25, 0.3) is 5.65 Å². The largest absolute Gasteiger partial charge is 0.350 e. The molecule has 1 aromatic carbocycles. The first-order chi connectivity index (χ1) is 12.5. The van der Waals surface area contributed by atoms with Gasteiger partial charge in [0, 0.05) is 18.4 Å². The predicted octanol–water partition coefficient (Wildman–Crippen LogP) is 1.68. The topological polar surface area (TPSA) is 71.6 Å². The van der Waals surface area contributed by atoms with Crippen molar-refractivity contribution in [1.82, 2.24) is 19.1 Å². The molecule has 0 aliphatic rings. The second-order valence-electron chi connectivity index (χ2n) is 6.47. The first-order valence-electron chi connectivity index (χ1n) is 8.54. The summed E-state index contributed by atoms with van der Waals surface area (Å²) < 4.78 is 2.93. The standard InChI is InChI=1S/C19H23N5O2/c1-14-7-6-8-16(15(14)2)20-18(25)13-22(3)11-12-24-19(26)23-10-5-4-9-17(23)21-24/h4-10H,11-13H2,1-3H3,(H,20,25). The fourth-order valence-corrected chi connectivity index (χ4v) is 2.78. The van der Waals surface area contributed by atoms with Gasteiger partial charge in [-0.25, -0.2) is 9.48 Å². The molecular weight excluding hydrogens is 330 g/mol. The lowest BCUT2D eigenvalue weighted by Crippen LogP contribution is -2.34. The molecule has 136 valence electrons. The Bertz CT molecular complexity index is 989. The lowest BCUT2D eigenvalue weighted by atomic mass is 10.1. The van der Waals surface area contributed by atoms with Crippen molar-refractivity contribution in [3.63, 3.8) is 0 Å². The third kappa shape index (κ3) is 3.83. The Morgan fingerprint density at radius 1 is 1.19 bits per heavy atom. The summed E-state index contributed by atoms with van der Waals surface area (Å²) in [6, 6.07) is 11.3. The fraction of sp³-hybridized carbons (Fsp3) is 0.316. The van der Waals surface area contributed by atoms with Crippen molar-refractivity contribution in [2.24, 2.45) is 0 Å². The summed E-state index contributed by atoms with van der Waals surface area (Å²) in [6.45, 7) is 5.22. The number of carbonyl (C=O) groups is 1. The van der Waals surface area contributed by atoms with Crippen molar-refractivity contribution in [2.45, 2.75) is 20.4 Å². The van der Waals surface area contributed by atoms with E-state index in [1.54, 1.807) is 18.3 Å². The smallest absolute Gasteiger partial charge is 0.325 e. The zero-order chi connectivity index (χ0) is 18.7. The van der Waals surface area contributed by atoms with E-state index in [-0.39, 0.29) is 18.1 Å². The molecule has 0 saturated heterocycles. The van der Waals surface area contributed by atoms with E-state index in [0.29, 0.717) is 18.7 Å². The van der Waals surface area contributed by atoms with Crippen molar-refractivity contribution in [1.29, 1.82) is 0 Å². The molecular formula is C19H23N5O2. The highest BCUT2D eigenvalue weighted by Crippen LogP contribution is 2.17. The summed E-state index contributed by atoms with van der Waals surface area (Å²) in [6.07, 6.45) is 1.70. The highest BCUT2D eigenvalue weighted by atomic mass is 16.2. The molecule has 0 radical (unpaired) electrons. The number of aromatic nitrogens is 3. The molecule has 7 heteroatoms. The van der Waals surface area contributed by atoms with Crippen LogP contribution in [-0.2, 0) is 11.3 Å². The average Bonchev–Trinajstić information content (AvgIpc) is 2.93. The molecule has 0 aliphatic heterocycles. The number of hydrogen-bond donors (Lipinski definition) is 1. The second-order valence-corrected chi connectivity index (χ2v) is 6.47. The monoisotopic (exact) mass is 353 g/mol. The maximum absolute atomic E-state index is 12.3. The number of carbonyl (C=O) groups excluding carboxylic acids is 1. The van der Waals surface area contributed by atoms with Crippen molar-refractivity contribution in [2.75, 3.05) is 25.5 Å². The van der Waals surface area contributed by atoms with Crippen LogP contribution in [0.4, 0.5) is 5.69 Å². The van der Waals surface area contributed by atoms with Gasteiger partial charge in [0.1, 0.15) is 0 Å². The zero-order valence-electron chi connectivity index (χ0n) is 15.3. The molecule has 2 heterocycles. The second kappa shape index (κ2) is 7.53. The van der Waals surface area contributed by atoms with E-state index in [4.69, 9.17) is 0 Å². The summed E-state index contributed by atoms with van der Waals surface area (Å²) in [7, 11) is 1.85. The molecule has 3 rings (SSSR count). The number of nitrogens with one attached hydrogen (secondary N) is 1. The van der Waals surface area contributed by atoms with E-state index in [1.165, 1.54) is 9.08 Å². The summed E-state index contributed by atoms with van der Waals surface area (Å²) >= 11 is 0. The van der Waals surface area contributed by atoms with Crippen molar-refractivity contribution < 1.29 is 4.79 Å². The summed E-state index contributed by atoms with van der Waals surface area (Å²) in [5, 5.41) is 7.24. The number of pyridine rings is 1. The Kier molecular flexibility index (Phi) is 5.18. The van der Waals surface area contributed by atoms with Crippen LogP contribution in [0.3, 0.4) is 0 Å². The number of amides is 1. The first kappa shape index (κ1) is 17.9. The minimum atomic E-state index is -0.172. The fourth-order valence-electron chi connectivity index (χ4n) is 2.78. The number of rotatable bonds is 6. The van der Waals surface area contributed by atoms with Crippen LogP contribution < -0.4 is 11.0 Å². The molecule has 0 atom stereocenters. The van der Waals surface area contributed by atoms with Crippen LogP contribution in [-0.4, -0.2) is 45.1 Å². The highest BCUT2D eigenvalue weighted by molar-refractivity contribution is 5.93. The Labute approximate surface area is 151 Å². The molecule has 0 fully saturated rings. The molecule has 0 bridgehead atoms. The van der Waals surface area contributed by atoms with Gasteiger partial charge in [-0.3, -0.25) is 14.1 Å². The number of likely N-dealkylation sites (N-methyl/N-ethyl adjacent to an activating group) is 1. The normalized spacial score (nSPS) is 11.2. The summed E-state index contributed by atoms with van der Waals surface area (Å²) in [5.74, 6) is -0.0800. The molecule has 1 amide bonds. The van der Waals surface area contributed by atoms with E-state index in [1.807, 2.05) is 50.1 Å². The molecule has 0 saturated carbocycles. The van der Waals surface area contributed by atoms with E-state index >= 15 is 0 Å². The summed E-state index contributed by atoms with van der Waals surface area (Å²) in [4.78, 5) is 26.4. The van der Waals surface area contributed by atoms with Crippen LogP contribution in [0.15, 0.2) is 47.4 Å². The third-order valence-electron chi connectivity index (χ3n) is 4.47. The molecule has 1 N–H and O–H groups in total. The summed E-state index contributed by atoms with van der Waals surface area (Å²) in [5.41, 5.74) is 3.49. The molecule has 0 spiro atoms. The quantitative estimate of drug-likeness (QED) is 0.732. The molecule has 7 nitrogen and oxygen atoms in total. The maximum Gasteiger partial charge on any atom is 0.350 e. The predicted molar refractivity (Wildman–Crippen MR) is 101 cm³/mol. The Balaban J connectivity index is 1.57. The number of fused-ring (bicyclic) bond motifs is 1. The number of aryl methyl sites for hydroxylation is 1. The SMILES string of the molecule is Cc1cccc(NC(=O)CN(C)CCn2nc3ccccn3c2=O)c1C. The highest BCUT2D eigenvalue weighted by Gasteiger charge is 2.11. The average molecular weight is 353 g/mol. The van der Waals surface area contributed by atoms with Crippen LogP contribution in [0.1, 0.15) is 11.1 Å². The van der Waals surface area contributed by atoms with Crippen LogP contribution in [0, 0.1) is 13.8 Å². The van der Waals surface area contributed by atoms with E-state index in [0.717, 1.165) is 16.8 Å². The van der Waals surface area contributed by atoms with Gasteiger partial charge in [-0.15, -0.1) is 5.10 Å². The van der Waals surface area contributed by atoms with Gasteiger partial charge in [0.2, 0.25) is 5.91 Å². The number of hydrogen-bond acceptors (Lipinski definition) is 4. The lowest BCUT2D eigenvalue weighted by Gasteiger charge is -2.17. The van der Waals surface area contributed by atoms with Gasteiger partial charge in [-0.2, -0.15) is 0 Å². The van der Waals surface area contributed by atoms with E-state index < -0.39 is 0 Å². The first-order valence-corrected chi connectivity index (χ1v) is 8.54. The van der Waals surface area contributed by atoms with Gasteiger partial charge in [0.05, 0.1) is 13.1 Å².